The fourth-order valence-electron chi connectivity index (χ4n) is 2.35. The lowest BCUT2D eigenvalue weighted by atomic mass is 10.0. The van der Waals surface area contributed by atoms with Gasteiger partial charge in [-0.15, -0.1) is 0 Å². The molecule has 0 spiro atoms. The molecule has 0 aliphatic heterocycles. The zero-order valence-corrected chi connectivity index (χ0v) is 10.1. The molecule has 2 heterocycles. The first kappa shape index (κ1) is 10.3. The van der Waals surface area contributed by atoms with Gasteiger partial charge in [0.25, 0.3) is 0 Å². The van der Waals surface area contributed by atoms with Crippen molar-refractivity contribution in [3.63, 3.8) is 0 Å². The second-order valence-electron chi connectivity index (χ2n) is 4.45. The second kappa shape index (κ2) is 3.95. The zero-order valence-electron chi connectivity index (χ0n) is 10.1. The molecule has 0 saturated carbocycles. The summed E-state index contributed by atoms with van der Waals surface area (Å²) < 4.78 is 5.80. The van der Waals surface area contributed by atoms with Crippen LogP contribution in [0, 0.1) is 6.07 Å². The van der Waals surface area contributed by atoms with E-state index in [9.17, 15) is 0 Å². The summed E-state index contributed by atoms with van der Waals surface area (Å²) in [7, 11) is 0. The van der Waals surface area contributed by atoms with Gasteiger partial charge in [0.2, 0.25) is 0 Å². The largest absolute Gasteiger partial charge is 0.456 e. The third-order valence-corrected chi connectivity index (χ3v) is 3.28. The van der Waals surface area contributed by atoms with Crippen LogP contribution < -0.4 is 0 Å². The molecule has 4 aromatic rings. The fraction of sp³-hybridized carbons (Fsp3) is 0. The standard InChI is InChI=1S/C17H10NO/c1-2-4-16-14(3-1)15-11-13(5-6-17(15)19-16)12-7-9-18-10-8-12/h1-10H. The van der Waals surface area contributed by atoms with E-state index in [-0.39, 0.29) is 0 Å². The molecule has 4 rings (SSSR count). The van der Waals surface area contributed by atoms with Gasteiger partial charge in [-0.05, 0) is 35.4 Å². The van der Waals surface area contributed by atoms with E-state index in [2.05, 4.69) is 17.1 Å². The number of nitrogens with zero attached hydrogens (tertiary/aromatic N) is 1. The SMILES string of the molecule is [c]1c(-c2ccncc2)ccc2oc3ccccc3c12. The summed E-state index contributed by atoms with van der Waals surface area (Å²) in [6.45, 7) is 0. The number of benzene rings is 2. The van der Waals surface area contributed by atoms with Crippen molar-refractivity contribution in [2.45, 2.75) is 0 Å². The number of furan rings is 1. The minimum Gasteiger partial charge on any atom is -0.456 e. The molecule has 0 bridgehead atoms. The molecule has 0 saturated heterocycles. The van der Waals surface area contributed by atoms with Gasteiger partial charge in [-0.25, -0.2) is 0 Å². The molecule has 2 heteroatoms. The van der Waals surface area contributed by atoms with Crippen molar-refractivity contribution in [3.05, 3.63) is 67.0 Å². The van der Waals surface area contributed by atoms with E-state index in [4.69, 9.17) is 4.42 Å². The first-order valence-corrected chi connectivity index (χ1v) is 6.16. The molecule has 0 amide bonds. The smallest absolute Gasteiger partial charge is 0.136 e. The van der Waals surface area contributed by atoms with Gasteiger partial charge in [0.05, 0.1) is 0 Å². The molecule has 0 atom stereocenters. The quantitative estimate of drug-likeness (QED) is 0.494. The van der Waals surface area contributed by atoms with E-state index < -0.39 is 0 Å². The molecule has 1 radical (unpaired) electrons. The summed E-state index contributed by atoms with van der Waals surface area (Å²) in [5, 5.41) is 2.14. The average molecular weight is 244 g/mol. The molecule has 0 fully saturated rings. The van der Waals surface area contributed by atoms with Crippen LogP contribution in [0.4, 0.5) is 0 Å². The van der Waals surface area contributed by atoms with Crippen LogP contribution in [-0.2, 0) is 0 Å². The summed E-state index contributed by atoms with van der Waals surface area (Å²) in [6.07, 6.45) is 3.59. The summed E-state index contributed by atoms with van der Waals surface area (Å²) in [6, 6.07) is 19.5. The van der Waals surface area contributed by atoms with E-state index in [1.54, 1.807) is 12.4 Å². The minimum atomic E-state index is 0.874. The van der Waals surface area contributed by atoms with Crippen LogP contribution in [0.2, 0.25) is 0 Å². The average Bonchev–Trinajstić information content (AvgIpc) is 2.86. The summed E-state index contributed by atoms with van der Waals surface area (Å²) in [4.78, 5) is 4.04. The normalized spacial score (nSPS) is 11.2. The molecular formula is C17H10NO. The molecule has 2 aromatic heterocycles. The van der Waals surface area contributed by atoms with Crippen molar-refractivity contribution >= 4 is 21.9 Å². The predicted octanol–water partition coefficient (Wildman–Crippen LogP) is 4.45. The van der Waals surface area contributed by atoms with Crippen molar-refractivity contribution < 1.29 is 4.42 Å². The number of rotatable bonds is 1. The van der Waals surface area contributed by atoms with E-state index in [0.29, 0.717) is 0 Å². The predicted molar refractivity (Wildman–Crippen MR) is 75.8 cm³/mol. The van der Waals surface area contributed by atoms with Crippen LogP contribution in [0.5, 0.6) is 0 Å². The van der Waals surface area contributed by atoms with E-state index >= 15 is 0 Å². The highest BCUT2D eigenvalue weighted by Gasteiger charge is 2.07. The molecule has 0 unspecified atom stereocenters. The Morgan fingerprint density at radius 2 is 1.68 bits per heavy atom. The highest BCUT2D eigenvalue weighted by molar-refractivity contribution is 6.05. The van der Waals surface area contributed by atoms with Crippen molar-refractivity contribution in [2.75, 3.05) is 0 Å². The van der Waals surface area contributed by atoms with Crippen LogP contribution in [0.3, 0.4) is 0 Å². The Balaban J connectivity index is 2.03. The lowest BCUT2D eigenvalue weighted by Crippen LogP contribution is -1.78. The summed E-state index contributed by atoms with van der Waals surface area (Å²) in [5.74, 6) is 0. The third-order valence-electron chi connectivity index (χ3n) is 3.28. The zero-order chi connectivity index (χ0) is 12.7. The lowest BCUT2D eigenvalue weighted by molar-refractivity contribution is 0.669. The van der Waals surface area contributed by atoms with Crippen molar-refractivity contribution in [1.29, 1.82) is 0 Å². The minimum absolute atomic E-state index is 0.874. The van der Waals surface area contributed by atoms with Gasteiger partial charge >= 0.3 is 0 Å². The number of aromatic nitrogens is 1. The Hall–Kier alpha value is -2.61. The number of pyridine rings is 1. The lowest BCUT2D eigenvalue weighted by Gasteiger charge is -1.99. The van der Waals surface area contributed by atoms with E-state index in [1.165, 1.54) is 0 Å². The van der Waals surface area contributed by atoms with Crippen LogP contribution >= 0.6 is 0 Å². The van der Waals surface area contributed by atoms with E-state index in [0.717, 1.165) is 33.1 Å². The van der Waals surface area contributed by atoms with Crippen molar-refractivity contribution in [3.8, 4) is 11.1 Å². The van der Waals surface area contributed by atoms with Crippen molar-refractivity contribution in [2.24, 2.45) is 0 Å². The summed E-state index contributed by atoms with van der Waals surface area (Å²) >= 11 is 0. The highest BCUT2D eigenvalue weighted by Crippen LogP contribution is 2.31. The Labute approximate surface area is 110 Å². The van der Waals surface area contributed by atoms with Gasteiger partial charge < -0.3 is 4.42 Å². The molecule has 2 aromatic carbocycles. The maximum atomic E-state index is 5.80. The number of fused-ring (bicyclic) bond motifs is 3. The van der Waals surface area contributed by atoms with Gasteiger partial charge in [0.1, 0.15) is 11.2 Å². The molecule has 0 aliphatic rings. The molecule has 0 aliphatic carbocycles. The Morgan fingerprint density at radius 1 is 0.842 bits per heavy atom. The van der Waals surface area contributed by atoms with E-state index in [1.807, 2.05) is 42.5 Å². The molecule has 89 valence electrons. The monoisotopic (exact) mass is 244 g/mol. The van der Waals surface area contributed by atoms with Gasteiger partial charge in [0.15, 0.2) is 0 Å². The topological polar surface area (TPSA) is 26.0 Å². The van der Waals surface area contributed by atoms with Gasteiger partial charge in [0, 0.05) is 29.2 Å². The maximum Gasteiger partial charge on any atom is 0.136 e. The van der Waals surface area contributed by atoms with Crippen LogP contribution in [0.1, 0.15) is 0 Å². The van der Waals surface area contributed by atoms with Crippen LogP contribution in [0.15, 0.2) is 65.3 Å². The molecule has 19 heavy (non-hydrogen) atoms. The maximum absolute atomic E-state index is 5.80. The van der Waals surface area contributed by atoms with Crippen LogP contribution in [0.25, 0.3) is 33.1 Å². The Kier molecular flexibility index (Phi) is 2.15. The van der Waals surface area contributed by atoms with Gasteiger partial charge in [-0.1, -0.05) is 24.3 Å². The molecule has 2 nitrogen and oxygen atoms in total. The Bertz CT molecular complexity index is 862. The van der Waals surface area contributed by atoms with Gasteiger partial charge in [-0.3, -0.25) is 4.98 Å². The number of hydrogen-bond donors (Lipinski definition) is 0. The fourth-order valence-corrected chi connectivity index (χ4v) is 2.35. The molecular weight excluding hydrogens is 234 g/mol. The highest BCUT2D eigenvalue weighted by atomic mass is 16.3. The summed E-state index contributed by atoms with van der Waals surface area (Å²) in [5.41, 5.74) is 3.95. The second-order valence-corrected chi connectivity index (χ2v) is 4.45. The first-order chi connectivity index (χ1) is 9.42. The first-order valence-electron chi connectivity index (χ1n) is 6.16. The Morgan fingerprint density at radius 3 is 2.58 bits per heavy atom. The van der Waals surface area contributed by atoms with Crippen molar-refractivity contribution in [1.82, 2.24) is 4.98 Å². The molecule has 0 N–H and O–H groups in total. The van der Waals surface area contributed by atoms with Crippen LogP contribution in [-0.4, -0.2) is 4.98 Å². The van der Waals surface area contributed by atoms with Gasteiger partial charge in [-0.2, -0.15) is 0 Å². The number of para-hydroxylation sites is 1. The number of hydrogen-bond acceptors (Lipinski definition) is 2. The third kappa shape index (κ3) is 1.61.